The average Bonchev–Trinajstić information content (AvgIpc) is 1.83. The molecule has 0 radical (unpaired) electrons. The summed E-state index contributed by atoms with van der Waals surface area (Å²) in [6.45, 7) is 4.31. The highest BCUT2D eigenvalue weighted by molar-refractivity contribution is 8.78. The Kier molecular flexibility index (Phi) is 6.98. The second kappa shape index (κ2) is 6.17. The maximum atomic E-state index is 4.31. The molecule has 0 saturated carbocycles. The summed E-state index contributed by atoms with van der Waals surface area (Å²) in [5.74, 6) is 1.18. The molecule has 0 spiro atoms. The molecule has 0 aliphatic heterocycles. The van der Waals surface area contributed by atoms with Crippen molar-refractivity contribution in [3.63, 3.8) is 0 Å². The van der Waals surface area contributed by atoms with E-state index in [1.165, 1.54) is 5.75 Å². The maximum absolute atomic E-state index is 4.31. The smallest absolute Gasteiger partial charge is 0.0573 e. The van der Waals surface area contributed by atoms with Crippen molar-refractivity contribution in [2.45, 2.75) is 24.9 Å². The summed E-state index contributed by atoms with van der Waals surface area (Å²) in [5.41, 5.74) is 0. The van der Waals surface area contributed by atoms with Gasteiger partial charge in [0, 0.05) is 5.75 Å². The summed E-state index contributed by atoms with van der Waals surface area (Å²) < 4.78 is 0.528. The normalized spacial score (nSPS) is 13.9. The van der Waals surface area contributed by atoms with Gasteiger partial charge in [-0.3, -0.25) is 0 Å². The Balaban J connectivity index is 2.86. The zero-order valence-corrected chi connectivity index (χ0v) is 7.78. The average molecular weight is 168 g/mol. The Hall–Kier alpha value is 1.05. The van der Waals surface area contributed by atoms with Gasteiger partial charge in [-0.05, 0) is 6.42 Å². The van der Waals surface area contributed by atoms with Crippen LogP contribution < -0.4 is 0 Å². The van der Waals surface area contributed by atoms with Crippen LogP contribution in [0, 0.1) is 0 Å². The van der Waals surface area contributed by atoms with Crippen LogP contribution >= 0.6 is 34.2 Å². The molecule has 0 aliphatic rings. The summed E-state index contributed by atoms with van der Waals surface area (Å²) in [6.07, 6.45) is 1.15. The molecule has 0 aromatic carbocycles. The molecule has 50 valence electrons. The molecule has 0 aliphatic carbocycles. The van der Waals surface area contributed by atoms with Crippen molar-refractivity contribution in [3.8, 4) is 0 Å². The van der Waals surface area contributed by atoms with Crippen LogP contribution in [-0.4, -0.2) is 10.3 Å². The van der Waals surface area contributed by atoms with Crippen LogP contribution in [0.4, 0.5) is 0 Å². The second-order valence-corrected chi connectivity index (χ2v) is 5.20. The van der Waals surface area contributed by atoms with Gasteiger partial charge in [0.1, 0.15) is 0 Å². The van der Waals surface area contributed by atoms with Crippen molar-refractivity contribution < 1.29 is 0 Å². The SMILES string of the molecule is CCSSC(S)CC. The third-order valence-corrected chi connectivity index (χ3v) is 4.50. The molecule has 3 heteroatoms. The Labute approximate surface area is 65.0 Å². The van der Waals surface area contributed by atoms with Gasteiger partial charge in [-0.2, -0.15) is 12.6 Å². The Morgan fingerprint density at radius 1 is 1.50 bits per heavy atom. The lowest BCUT2D eigenvalue weighted by Crippen LogP contribution is -1.83. The van der Waals surface area contributed by atoms with Gasteiger partial charge in [0.05, 0.1) is 4.58 Å². The zero-order valence-electron chi connectivity index (χ0n) is 5.26. The molecule has 8 heavy (non-hydrogen) atoms. The van der Waals surface area contributed by atoms with Crippen LogP contribution in [0.2, 0.25) is 0 Å². The van der Waals surface area contributed by atoms with Crippen molar-refractivity contribution in [2.75, 3.05) is 5.75 Å². The highest BCUT2D eigenvalue weighted by Crippen LogP contribution is 2.29. The zero-order chi connectivity index (χ0) is 6.41. The molecule has 0 aromatic heterocycles. The quantitative estimate of drug-likeness (QED) is 0.389. The lowest BCUT2D eigenvalue weighted by molar-refractivity contribution is 1.07. The van der Waals surface area contributed by atoms with E-state index in [-0.39, 0.29) is 0 Å². The summed E-state index contributed by atoms with van der Waals surface area (Å²) in [4.78, 5) is 0. The van der Waals surface area contributed by atoms with Crippen molar-refractivity contribution in [2.24, 2.45) is 0 Å². The van der Waals surface area contributed by atoms with Gasteiger partial charge >= 0.3 is 0 Å². The van der Waals surface area contributed by atoms with Gasteiger partial charge < -0.3 is 0 Å². The van der Waals surface area contributed by atoms with Gasteiger partial charge in [-0.1, -0.05) is 35.4 Å². The van der Waals surface area contributed by atoms with Gasteiger partial charge in [-0.25, -0.2) is 0 Å². The molecular formula is C5H12S3. The maximum Gasteiger partial charge on any atom is 0.0573 e. The molecule has 0 rings (SSSR count). The van der Waals surface area contributed by atoms with Crippen LogP contribution in [0.3, 0.4) is 0 Å². The van der Waals surface area contributed by atoms with Crippen LogP contribution in [0.5, 0.6) is 0 Å². The van der Waals surface area contributed by atoms with Gasteiger partial charge in [0.15, 0.2) is 0 Å². The van der Waals surface area contributed by atoms with Crippen molar-refractivity contribution >= 4 is 34.2 Å². The molecule has 0 bridgehead atoms. The molecule has 0 fully saturated rings. The van der Waals surface area contributed by atoms with E-state index in [4.69, 9.17) is 0 Å². The van der Waals surface area contributed by atoms with Gasteiger partial charge in [0.2, 0.25) is 0 Å². The molecule has 1 unspecified atom stereocenters. The van der Waals surface area contributed by atoms with Crippen molar-refractivity contribution in [1.82, 2.24) is 0 Å². The van der Waals surface area contributed by atoms with E-state index >= 15 is 0 Å². The first-order valence-corrected chi connectivity index (χ1v) is 5.67. The Bertz CT molecular complexity index is 46.9. The lowest BCUT2D eigenvalue weighted by Gasteiger charge is -2.02. The van der Waals surface area contributed by atoms with E-state index in [9.17, 15) is 0 Å². The highest BCUT2D eigenvalue weighted by Gasteiger charge is 1.96. The predicted molar refractivity (Wildman–Crippen MR) is 48.8 cm³/mol. The minimum Gasteiger partial charge on any atom is -0.164 e. The first-order chi connectivity index (χ1) is 3.81. The van der Waals surface area contributed by atoms with E-state index in [0.29, 0.717) is 4.58 Å². The van der Waals surface area contributed by atoms with Gasteiger partial charge in [0.25, 0.3) is 0 Å². The molecule has 0 amide bonds. The monoisotopic (exact) mass is 168 g/mol. The minimum atomic E-state index is 0.528. The van der Waals surface area contributed by atoms with E-state index < -0.39 is 0 Å². The molecule has 0 N–H and O–H groups in total. The van der Waals surface area contributed by atoms with Gasteiger partial charge in [-0.15, -0.1) is 0 Å². The van der Waals surface area contributed by atoms with Crippen LogP contribution in [0.25, 0.3) is 0 Å². The Morgan fingerprint density at radius 3 is 2.50 bits per heavy atom. The third kappa shape index (κ3) is 5.19. The molecule has 0 nitrogen and oxygen atoms in total. The summed E-state index contributed by atoms with van der Waals surface area (Å²) in [5, 5.41) is 0. The molecule has 0 saturated heterocycles. The summed E-state index contributed by atoms with van der Waals surface area (Å²) in [7, 11) is 3.74. The fourth-order valence-corrected chi connectivity index (χ4v) is 2.48. The first-order valence-electron chi connectivity index (χ1n) is 2.77. The van der Waals surface area contributed by atoms with Crippen molar-refractivity contribution in [3.05, 3.63) is 0 Å². The third-order valence-electron chi connectivity index (χ3n) is 0.646. The Morgan fingerprint density at radius 2 is 2.12 bits per heavy atom. The molecular weight excluding hydrogens is 156 g/mol. The number of hydrogen-bond donors (Lipinski definition) is 1. The number of hydrogen-bond acceptors (Lipinski definition) is 3. The molecule has 0 aromatic rings. The predicted octanol–water partition coefficient (Wildman–Crippen LogP) is 3.05. The molecule has 0 heterocycles. The lowest BCUT2D eigenvalue weighted by atomic mass is 10.6. The standard InChI is InChI=1S/C5H12S3/c1-3-5(6)8-7-4-2/h5-6H,3-4H2,1-2H3. The van der Waals surface area contributed by atoms with Crippen molar-refractivity contribution in [1.29, 1.82) is 0 Å². The highest BCUT2D eigenvalue weighted by atomic mass is 33.1. The summed E-state index contributed by atoms with van der Waals surface area (Å²) >= 11 is 4.31. The number of thiol groups is 1. The largest absolute Gasteiger partial charge is 0.164 e. The molecule has 1 atom stereocenters. The van der Waals surface area contributed by atoms with E-state index in [1.54, 1.807) is 0 Å². The fraction of sp³-hybridized carbons (Fsp3) is 1.00. The number of rotatable bonds is 4. The van der Waals surface area contributed by atoms with Crippen LogP contribution in [0.15, 0.2) is 0 Å². The van der Waals surface area contributed by atoms with E-state index in [0.717, 1.165) is 6.42 Å². The minimum absolute atomic E-state index is 0.528. The van der Waals surface area contributed by atoms with Crippen LogP contribution in [-0.2, 0) is 0 Å². The van der Waals surface area contributed by atoms with E-state index in [1.807, 2.05) is 21.6 Å². The summed E-state index contributed by atoms with van der Waals surface area (Å²) in [6, 6.07) is 0. The van der Waals surface area contributed by atoms with Crippen LogP contribution in [0.1, 0.15) is 20.3 Å². The van der Waals surface area contributed by atoms with E-state index in [2.05, 4.69) is 26.5 Å². The second-order valence-electron chi connectivity index (χ2n) is 1.37. The topological polar surface area (TPSA) is 0 Å². The first kappa shape index (κ1) is 9.05. The fourth-order valence-electron chi connectivity index (χ4n) is 0.215.